The lowest BCUT2D eigenvalue weighted by Gasteiger charge is -2.17. The molecule has 9 heteroatoms. The third kappa shape index (κ3) is 5.34. The molecule has 152 valence electrons. The summed E-state index contributed by atoms with van der Waals surface area (Å²) in [5, 5.41) is 2.84. The lowest BCUT2D eigenvalue weighted by molar-refractivity contribution is -0.253. The van der Waals surface area contributed by atoms with E-state index in [9.17, 15) is 17.6 Å². The van der Waals surface area contributed by atoms with E-state index in [1.54, 1.807) is 12.1 Å². The Bertz CT molecular complexity index is 970. The van der Waals surface area contributed by atoms with Crippen LogP contribution in [0.15, 0.2) is 60.8 Å². The number of hydrogen-bond acceptors (Lipinski definition) is 5. The van der Waals surface area contributed by atoms with E-state index in [0.29, 0.717) is 23.7 Å². The van der Waals surface area contributed by atoms with Crippen molar-refractivity contribution < 1.29 is 27.0 Å². The van der Waals surface area contributed by atoms with Gasteiger partial charge in [-0.15, -0.1) is 0 Å². The monoisotopic (exact) mass is 407 g/mol. The van der Waals surface area contributed by atoms with Crippen molar-refractivity contribution in [2.24, 2.45) is 0 Å². The molecule has 0 bridgehead atoms. The smallest absolute Gasteiger partial charge is 0.461 e. The molecule has 5 nitrogen and oxygen atoms in total. The number of aromatic nitrogens is 2. The molecule has 0 atom stereocenters. The molecule has 0 saturated heterocycles. The largest absolute Gasteiger partial charge is 0.494 e. The highest BCUT2D eigenvalue weighted by Crippen LogP contribution is 2.30. The third-order valence-corrected chi connectivity index (χ3v) is 3.69. The summed E-state index contributed by atoms with van der Waals surface area (Å²) in [6.45, 7) is 2.41. The number of alkyl halides is 4. The summed E-state index contributed by atoms with van der Waals surface area (Å²) in [4.78, 5) is 8.47. The fourth-order valence-corrected chi connectivity index (χ4v) is 2.46. The van der Waals surface area contributed by atoms with Crippen molar-refractivity contribution in [1.82, 2.24) is 9.97 Å². The van der Waals surface area contributed by atoms with Crippen LogP contribution >= 0.6 is 0 Å². The van der Waals surface area contributed by atoms with Gasteiger partial charge in [-0.05, 0) is 37.3 Å². The van der Waals surface area contributed by atoms with Crippen molar-refractivity contribution in [3.8, 4) is 22.8 Å². The number of halogens is 4. The Morgan fingerprint density at radius 1 is 1.03 bits per heavy atom. The summed E-state index contributed by atoms with van der Waals surface area (Å²) in [7, 11) is 0. The van der Waals surface area contributed by atoms with E-state index in [1.807, 2.05) is 31.2 Å². The van der Waals surface area contributed by atoms with Crippen LogP contribution in [0, 0.1) is 0 Å². The number of ether oxygens (including phenoxy) is 2. The minimum Gasteiger partial charge on any atom is -0.494 e. The molecule has 0 spiro atoms. The number of nitrogens with one attached hydrogen (secondary N) is 1. The Kier molecular flexibility index (Phi) is 6.16. The number of nitrogens with zero attached hydrogens (tertiary/aromatic N) is 2. The van der Waals surface area contributed by atoms with Gasteiger partial charge in [0.15, 0.2) is 0 Å². The Hall–Kier alpha value is -3.36. The van der Waals surface area contributed by atoms with E-state index in [2.05, 4.69) is 20.0 Å². The average molecular weight is 407 g/mol. The second kappa shape index (κ2) is 8.76. The van der Waals surface area contributed by atoms with Gasteiger partial charge >= 0.3 is 12.5 Å². The van der Waals surface area contributed by atoms with E-state index in [4.69, 9.17) is 4.74 Å². The molecule has 1 aromatic heterocycles. The molecule has 3 rings (SSSR count). The highest BCUT2D eigenvalue weighted by Gasteiger charge is 2.43. The van der Waals surface area contributed by atoms with E-state index in [1.165, 1.54) is 12.3 Å². The zero-order chi connectivity index (χ0) is 20.9. The minimum absolute atomic E-state index is 0.196. The Morgan fingerprint density at radius 3 is 2.55 bits per heavy atom. The molecule has 0 aliphatic heterocycles. The highest BCUT2D eigenvalue weighted by atomic mass is 19.3. The molecule has 0 amide bonds. The lowest BCUT2D eigenvalue weighted by atomic mass is 10.1. The first-order valence-corrected chi connectivity index (χ1v) is 8.65. The normalized spacial score (nSPS) is 11.4. The standard InChI is InChI=1S/C20H17F4N3O2/c1-2-28-15-7-3-5-13(11-15)17-9-10-25-19(27-17)26-14-6-4-8-16(12-14)29-20(23,24)18(21)22/h3-12,18H,2H2,1H3,(H,25,26,27). The maximum absolute atomic E-state index is 13.1. The van der Waals surface area contributed by atoms with Gasteiger partial charge in [-0.2, -0.15) is 17.6 Å². The summed E-state index contributed by atoms with van der Waals surface area (Å²) in [6.07, 6.45) is -6.99. The van der Waals surface area contributed by atoms with Crippen molar-refractivity contribution in [2.75, 3.05) is 11.9 Å². The molecule has 1 N–H and O–H groups in total. The van der Waals surface area contributed by atoms with Crippen molar-refractivity contribution in [3.63, 3.8) is 0 Å². The second-order valence-corrected chi connectivity index (χ2v) is 5.84. The van der Waals surface area contributed by atoms with Gasteiger partial charge in [0.2, 0.25) is 5.95 Å². The predicted octanol–water partition coefficient (Wildman–Crippen LogP) is 5.52. The average Bonchev–Trinajstić information content (AvgIpc) is 2.68. The maximum atomic E-state index is 13.1. The molecular weight excluding hydrogens is 390 g/mol. The van der Waals surface area contributed by atoms with Gasteiger partial charge in [0, 0.05) is 23.5 Å². The summed E-state index contributed by atoms with van der Waals surface area (Å²) < 4.78 is 60.4. The van der Waals surface area contributed by atoms with Crippen molar-refractivity contribution in [3.05, 3.63) is 60.8 Å². The molecular formula is C20H17F4N3O2. The van der Waals surface area contributed by atoms with Gasteiger partial charge in [0.05, 0.1) is 12.3 Å². The van der Waals surface area contributed by atoms with E-state index in [-0.39, 0.29) is 5.95 Å². The van der Waals surface area contributed by atoms with E-state index in [0.717, 1.165) is 17.7 Å². The molecule has 29 heavy (non-hydrogen) atoms. The topological polar surface area (TPSA) is 56.3 Å². The van der Waals surface area contributed by atoms with Gasteiger partial charge in [-0.3, -0.25) is 0 Å². The zero-order valence-electron chi connectivity index (χ0n) is 15.3. The highest BCUT2D eigenvalue weighted by molar-refractivity contribution is 5.63. The first kappa shape index (κ1) is 20.4. The fraction of sp³-hybridized carbons (Fsp3) is 0.200. The Morgan fingerprint density at radius 2 is 1.79 bits per heavy atom. The van der Waals surface area contributed by atoms with Gasteiger partial charge in [-0.25, -0.2) is 9.97 Å². The van der Waals surface area contributed by atoms with E-state index >= 15 is 0 Å². The summed E-state index contributed by atoms with van der Waals surface area (Å²) in [5.74, 6) is 0.478. The molecule has 3 aromatic rings. The van der Waals surface area contributed by atoms with Gasteiger partial charge in [0.25, 0.3) is 0 Å². The summed E-state index contributed by atoms with van der Waals surface area (Å²) in [5.41, 5.74) is 1.71. The Labute approximate surface area is 164 Å². The molecule has 0 aliphatic rings. The molecule has 0 saturated carbocycles. The van der Waals surface area contributed by atoms with Crippen LogP contribution in [0.1, 0.15) is 6.92 Å². The minimum atomic E-state index is -4.58. The number of rotatable bonds is 8. The van der Waals surface area contributed by atoms with Crippen molar-refractivity contribution >= 4 is 11.6 Å². The maximum Gasteiger partial charge on any atom is 0.461 e. The number of anilines is 2. The predicted molar refractivity (Wildman–Crippen MR) is 99.9 cm³/mol. The molecule has 0 radical (unpaired) electrons. The first-order valence-electron chi connectivity index (χ1n) is 8.65. The van der Waals surface area contributed by atoms with Crippen LogP contribution in [0.3, 0.4) is 0 Å². The summed E-state index contributed by atoms with van der Waals surface area (Å²) in [6, 6.07) is 14.3. The van der Waals surface area contributed by atoms with Gasteiger partial charge in [-0.1, -0.05) is 18.2 Å². The number of hydrogen-bond donors (Lipinski definition) is 1. The molecule has 0 fully saturated rings. The van der Waals surface area contributed by atoms with Crippen LogP contribution in [0.4, 0.5) is 29.2 Å². The molecule has 0 unspecified atom stereocenters. The van der Waals surface area contributed by atoms with Crippen molar-refractivity contribution in [2.45, 2.75) is 19.5 Å². The van der Waals surface area contributed by atoms with Gasteiger partial charge < -0.3 is 14.8 Å². The van der Waals surface area contributed by atoms with Crippen LogP contribution in [0.2, 0.25) is 0 Å². The second-order valence-electron chi connectivity index (χ2n) is 5.84. The zero-order valence-corrected chi connectivity index (χ0v) is 15.3. The first-order chi connectivity index (χ1) is 13.9. The molecule has 1 heterocycles. The van der Waals surface area contributed by atoms with Crippen LogP contribution in [-0.2, 0) is 0 Å². The van der Waals surface area contributed by atoms with E-state index < -0.39 is 18.3 Å². The van der Waals surface area contributed by atoms with Crippen LogP contribution in [0.5, 0.6) is 11.5 Å². The number of benzene rings is 2. The van der Waals surface area contributed by atoms with Crippen LogP contribution < -0.4 is 14.8 Å². The molecule has 2 aromatic carbocycles. The summed E-state index contributed by atoms with van der Waals surface area (Å²) >= 11 is 0. The van der Waals surface area contributed by atoms with Crippen LogP contribution in [-0.4, -0.2) is 29.1 Å². The Balaban J connectivity index is 1.79. The quantitative estimate of drug-likeness (QED) is 0.498. The van der Waals surface area contributed by atoms with Crippen molar-refractivity contribution in [1.29, 1.82) is 0 Å². The third-order valence-electron chi connectivity index (χ3n) is 3.69. The molecule has 0 aliphatic carbocycles. The lowest BCUT2D eigenvalue weighted by Crippen LogP contribution is -2.33. The van der Waals surface area contributed by atoms with Crippen LogP contribution in [0.25, 0.3) is 11.3 Å². The SMILES string of the molecule is CCOc1cccc(-c2ccnc(Nc3cccc(OC(F)(F)C(F)F)c3)n2)c1. The fourth-order valence-electron chi connectivity index (χ4n) is 2.46. The van der Waals surface area contributed by atoms with Gasteiger partial charge in [0.1, 0.15) is 11.5 Å².